The van der Waals surface area contributed by atoms with Crippen molar-refractivity contribution in [2.24, 2.45) is 11.8 Å². The summed E-state index contributed by atoms with van der Waals surface area (Å²) in [6.07, 6.45) is -1.51. The van der Waals surface area contributed by atoms with E-state index in [1.54, 1.807) is 56.3 Å². The number of nitrogens with zero attached hydrogens (tertiary/aromatic N) is 3. The highest BCUT2D eigenvalue weighted by Crippen LogP contribution is 2.54. The van der Waals surface area contributed by atoms with E-state index in [-0.39, 0.29) is 23.4 Å². The van der Waals surface area contributed by atoms with Crippen LogP contribution in [0.4, 0.5) is 16.2 Å². The Bertz CT molecular complexity index is 1670. The molecule has 2 saturated heterocycles. The zero-order chi connectivity index (χ0) is 30.0. The minimum Gasteiger partial charge on any atom is -0.438 e. The van der Waals surface area contributed by atoms with Crippen molar-refractivity contribution in [2.45, 2.75) is 49.7 Å². The highest BCUT2D eigenvalue weighted by molar-refractivity contribution is 7.89. The predicted octanol–water partition coefficient (Wildman–Crippen LogP) is 2.92. The summed E-state index contributed by atoms with van der Waals surface area (Å²) in [6.45, 7) is 4.21. The molecule has 12 nitrogen and oxygen atoms in total. The Morgan fingerprint density at radius 1 is 1.00 bits per heavy atom. The number of imide groups is 1. The van der Waals surface area contributed by atoms with Crippen LogP contribution in [0.5, 0.6) is 0 Å². The Kier molecular flexibility index (Phi) is 6.52. The van der Waals surface area contributed by atoms with E-state index in [1.165, 1.54) is 12.1 Å². The Hall–Kier alpha value is -4.07. The summed E-state index contributed by atoms with van der Waals surface area (Å²) in [4.78, 5) is 41.6. The van der Waals surface area contributed by atoms with Gasteiger partial charge < -0.3 is 14.4 Å². The van der Waals surface area contributed by atoms with Crippen LogP contribution in [0.15, 0.2) is 64.0 Å². The van der Waals surface area contributed by atoms with Crippen molar-refractivity contribution >= 4 is 39.3 Å². The van der Waals surface area contributed by atoms with Crippen LogP contribution >= 0.6 is 0 Å². The number of ether oxygens (including phenoxy) is 1. The van der Waals surface area contributed by atoms with E-state index in [1.807, 2.05) is 6.92 Å². The fraction of sp³-hybridized carbons (Fsp3) is 0.379. The molecule has 1 aromatic heterocycles. The number of amides is 3. The van der Waals surface area contributed by atoms with Gasteiger partial charge in [0.05, 0.1) is 29.0 Å². The number of aryl methyl sites for hydroxylation is 3. The molecule has 0 unspecified atom stereocenters. The highest BCUT2D eigenvalue weighted by Gasteiger charge is 2.70. The summed E-state index contributed by atoms with van der Waals surface area (Å²) in [5.41, 5.74) is -1.87. The molecule has 3 fully saturated rings. The van der Waals surface area contributed by atoms with Crippen molar-refractivity contribution in [3.8, 4) is 0 Å². The molecule has 0 spiro atoms. The molecule has 4 atom stereocenters. The summed E-state index contributed by atoms with van der Waals surface area (Å²) in [7, 11) is -4.14. The van der Waals surface area contributed by atoms with Gasteiger partial charge in [0.25, 0.3) is 0 Å². The Morgan fingerprint density at radius 2 is 1.64 bits per heavy atom. The molecule has 0 bridgehead atoms. The summed E-state index contributed by atoms with van der Waals surface area (Å²) in [6, 6.07) is 14.7. The van der Waals surface area contributed by atoms with Gasteiger partial charge in [-0.3, -0.25) is 19.8 Å². The van der Waals surface area contributed by atoms with Crippen molar-refractivity contribution in [3.05, 3.63) is 71.6 Å². The lowest BCUT2D eigenvalue weighted by molar-refractivity contribution is -0.168. The van der Waals surface area contributed by atoms with Crippen LogP contribution in [0.1, 0.15) is 29.9 Å². The van der Waals surface area contributed by atoms with Crippen LogP contribution < -0.4 is 10.2 Å². The second-order valence-corrected chi connectivity index (χ2v) is 13.2. The number of nitrogens with one attached hydrogen (secondary N) is 1. The SMILES string of the molecule is Cc1ccc(S(=O)(=O)N2C[C@]3(O)C[C@@H]4C(=O)N(c5ccccc5)C(=O)[C@@H]4C[C@]3(OC(=O)Nc3c(C)noc3C)C2)cc1. The van der Waals surface area contributed by atoms with Crippen molar-refractivity contribution in [1.29, 1.82) is 0 Å². The second kappa shape index (κ2) is 9.75. The van der Waals surface area contributed by atoms with E-state index in [4.69, 9.17) is 9.26 Å². The van der Waals surface area contributed by atoms with Crippen LogP contribution in [-0.4, -0.2) is 65.2 Å². The van der Waals surface area contributed by atoms with Crippen LogP contribution in [0.3, 0.4) is 0 Å². The molecule has 0 radical (unpaired) electrons. The van der Waals surface area contributed by atoms with Crippen molar-refractivity contribution in [3.63, 3.8) is 0 Å². The topological polar surface area (TPSA) is 159 Å². The molecular formula is C29H30N4O8S. The molecule has 220 valence electrons. The number of rotatable bonds is 5. The molecule has 2 N–H and O–H groups in total. The molecule has 3 amide bonds. The van der Waals surface area contributed by atoms with Gasteiger partial charge in [-0.25, -0.2) is 13.2 Å². The molecule has 1 aliphatic carbocycles. The fourth-order valence-corrected chi connectivity index (χ4v) is 7.93. The zero-order valence-corrected chi connectivity index (χ0v) is 24.1. The number of fused-ring (bicyclic) bond motifs is 2. The van der Waals surface area contributed by atoms with E-state index < -0.39 is 64.1 Å². The fourth-order valence-electron chi connectivity index (χ4n) is 6.39. The van der Waals surface area contributed by atoms with Crippen LogP contribution in [0.25, 0.3) is 0 Å². The van der Waals surface area contributed by atoms with E-state index >= 15 is 0 Å². The molecule has 2 aromatic carbocycles. The molecule has 6 rings (SSSR count). The molecular weight excluding hydrogens is 564 g/mol. The van der Waals surface area contributed by atoms with Crippen molar-refractivity contribution < 1.29 is 37.2 Å². The molecule has 1 saturated carbocycles. The first-order valence-corrected chi connectivity index (χ1v) is 14.9. The normalized spacial score (nSPS) is 27.6. The summed E-state index contributed by atoms with van der Waals surface area (Å²) < 4.78 is 39.5. The van der Waals surface area contributed by atoms with Crippen LogP contribution in [0, 0.1) is 32.6 Å². The van der Waals surface area contributed by atoms with Crippen molar-refractivity contribution in [1.82, 2.24) is 9.46 Å². The van der Waals surface area contributed by atoms with E-state index in [0.29, 0.717) is 17.1 Å². The monoisotopic (exact) mass is 594 g/mol. The van der Waals surface area contributed by atoms with Crippen LogP contribution in [0.2, 0.25) is 0 Å². The Labute approximate surface area is 242 Å². The summed E-state index contributed by atoms with van der Waals surface area (Å²) in [5.74, 6) is -2.52. The third-order valence-electron chi connectivity index (χ3n) is 8.61. The van der Waals surface area contributed by atoms with Gasteiger partial charge in [0.2, 0.25) is 21.8 Å². The van der Waals surface area contributed by atoms with Gasteiger partial charge in [-0.05, 0) is 51.5 Å². The number of aromatic nitrogens is 1. The minimum absolute atomic E-state index is 0.00766. The van der Waals surface area contributed by atoms with Gasteiger partial charge in [0.15, 0.2) is 11.4 Å². The first-order valence-electron chi connectivity index (χ1n) is 13.5. The Morgan fingerprint density at radius 3 is 2.26 bits per heavy atom. The number of benzene rings is 2. The molecule has 3 heterocycles. The van der Waals surface area contributed by atoms with Crippen molar-refractivity contribution in [2.75, 3.05) is 23.3 Å². The molecule has 2 aliphatic heterocycles. The van der Waals surface area contributed by atoms with Gasteiger partial charge >= 0.3 is 6.09 Å². The lowest BCUT2D eigenvalue weighted by Crippen LogP contribution is -2.62. The number of sulfonamides is 1. The minimum atomic E-state index is -4.14. The first kappa shape index (κ1) is 28.1. The zero-order valence-electron chi connectivity index (χ0n) is 23.2. The maximum absolute atomic E-state index is 13.7. The number of β-amino-alcohol motifs (C(OH)–C–C–N with tert-alkyl or cyclic N) is 1. The molecule has 3 aromatic rings. The third kappa shape index (κ3) is 4.30. The van der Waals surface area contributed by atoms with E-state index in [9.17, 15) is 27.9 Å². The number of para-hydroxylation sites is 1. The Balaban J connectivity index is 1.37. The average Bonchev–Trinajstić information content (AvgIpc) is 3.51. The van der Waals surface area contributed by atoms with Gasteiger partial charge in [-0.15, -0.1) is 0 Å². The van der Waals surface area contributed by atoms with E-state index in [2.05, 4.69) is 10.5 Å². The van der Waals surface area contributed by atoms with E-state index in [0.717, 1.165) is 14.8 Å². The number of hydrogen-bond donors (Lipinski definition) is 2. The molecule has 3 aliphatic rings. The quantitative estimate of drug-likeness (QED) is 0.424. The molecule has 42 heavy (non-hydrogen) atoms. The van der Waals surface area contributed by atoms with Gasteiger partial charge in [0.1, 0.15) is 17.0 Å². The lowest BCUT2D eigenvalue weighted by Gasteiger charge is -2.46. The average molecular weight is 595 g/mol. The second-order valence-electron chi connectivity index (χ2n) is 11.3. The largest absolute Gasteiger partial charge is 0.438 e. The first-order chi connectivity index (χ1) is 19.8. The lowest BCUT2D eigenvalue weighted by atomic mass is 9.65. The number of carbonyl (C=O) groups excluding carboxylic acids is 3. The third-order valence-corrected chi connectivity index (χ3v) is 10.4. The summed E-state index contributed by atoms with van der Waals surface area (Å²) >= 11 is 0. The van der Waals surface area contributed by atoms with Crippen LogP contribution in [-0.2, 0) is 24.3 Å². The molecule has 13 heteroatoms. The van der Waals surface area contributed by atoms with Gasteiger partial charge in [-0.1, -0.05) is 41.1 Å². The highest BCUT2D eigenvalue weighted by atomic mass is 32.2. The number of carbonyl (C=O) groups is 3. The standard InChI is InChI=1S/C29H30N4O8S/c1-17-9-11-21(12-10-17)42(38,39)32-15-28(37)13-22-23(26(35)33(25(22)34)20-7-5-4-6-8-20)14-29(28,16-32)40-27(36)30-24-18(2)31-41-19(24)3/h4-12,22-23,37H,13-16H2,1-3H3,(H,30,36)/t22-,23+,28+,29-/m0/s1. The summed E-state index contributed by atoms with van der Waals surface area (Å²) in [5, 5.41) is 18.5. The predicted molar refractivity (Wildman–Crippen MR) is 149 cm³/mol. The number of aliphatic hydroxyl groups is 1. The number of hydrogen-bond acceptors (Lipinski definition) is 9. The number of anilines is 2. The smallest absolute Gasteiger partial charge is 0.412 e. The maximum Gasteiger partial charge on any atom is 0.412 e. The maximum atomic E-state index is 13.7. The van der Waals surface area contributed by atoms with Gasteiger partial charge in [0, 0.05) is 13.0 Å². The van der Waals surface area contributed by atoms with Gasteiger partial charge in [-0.2, -0.15) is 4.31 Å².